The molecule has 1 aromatic carbocycles. The van der Waals surface area contributed by atoms with Gasteiger partial charge in [-0.05, 0) is 17.9 Å². The fraction of sp³-hybridized carbons (Fsp3) is 0.333. The molecule has 3 nitrogen and oxygen atoms in total. The molecule has 0 aliphatic heterocycles. The topological polar surface area (TPSA) is 27.7 Å². The van der Waals surface area contributed by atoms with Crippen molar-refractivity contribution in [2.24, 2.45) is 0 Å². The largest absolute Gasteiger partial charge is 0.498 e. The minimum Gasteiger partial charge on any atom is -0.498 e. The monoisotopic (exact) mass is 318 g/mol. The SMILES string of the molecule is COC1=C(C=Cc2ccccc2)C=CC(OC)(SC)C1OC. The number of hydrogen-bond donors (Lipinski definition) is 0. The van der Waals surface area contributed by atoms with Gasteiger partial charge in [-0.25, -0.2) is 0 Å². The van der Waals surface area contributed by atoms with E-state index in [4.69, 9.17) is 14.2 Å². The molecule has 0 heterocycles. The van der Waals surface area contributed by atoms with E-state index >= 15 is 0 Å². The van der Waals surface area contributed by atoms with Crippen LogP contribution >= 0.6 is 11.8 Å². The van der Waals surface area contributed by atoms with Crippen molar-refractivity contribution in [2.75, 3.05) is 27.6 Å². The molecule has 0 N–H and O–H groups in total. The molecule has 2 rings (SSSR count). The Bertz CT molecular complexity index is 571. The molecule has 0 amide bonds. The lowest BCUT2D eigenvalue weighted by molar-refractivity contribution is -0.0379. The molecule has 0 aromatic heterocycles. The smallest absolute Gasteiger partial charge is 0.165 e. The summed E-state index contributed by atoms with van der Waals surface area (Å²) in [5.74, 6) is 0.772. The first-order chi connectivity index (χ1) is 10.7. The standard InChI is InChI=1S/C18H22O3S/c1-19-16-15(11-10-14-8-6-5-7-9-14)12-13-18(21-3,22-4)17(16)20-2/h5-13,17H,1-4H3. The van der Waals surface area contributed by atoms with E-state index in [9.17, 15) is 0 Å². The van der Waals surface area contributed by atoms with Crippen molar-refractivity contribution in [1.82, 2.24) is 0 Å². The van der Waals surface area contributed by atoms with Crippen LogP contribution in [0.25, 0.3) is 6.08 Å². The zero-order valence-corrected chi connectivity index (χ0v) is 14.2. The third-order valence-corrected chi connectivity index (χ3v) is 4.89. The molecule has 0 spiro atoms. The second-order valence-corrected chi connectivity index (χ2v) is 5.89. The minimum absolute atomic E-state index is 0.294. The lowest BCUT2D eigenvalue weighted by Crippen LogP contribution is -2.44. The van der Waals surface area contributed by atoms with Gasteiger partial charge in [-0.1, -0.05) is 48.6 Å². The molecule has 1 aliphatic carbocycles. The third-order valence-electron chi connectivity index (χ3n) is 3.73. The highest BCUT2D eigenvalue weighted by Gasteiger charge is 2.43. The van der Waals surface area contributed by atoms with Gasteiger partial charge in [-0.15, -0.1) is 11.8 Å². The van der Waals surface area contributed by atoms with Crippen LogP contribution in [0, 0.1) is 0 Å². The molecule has 0 saturated carbocycles. The van der Waals surface area contributed by atoms with Crippen LogP contribution in [-0.4, -0.2) is 38.6 Å². The van der Waals surface area contributed by atoms with Gasteiger partial charge in [0.05, 0.1) is 7.11 Å². The number of allylic oxidation sites excluding steroid dienone is 3. The Morgan fingerprint density at radius 3 is 2.36 bits per heavy atom. The summed E-state index contributed by atoms with van der Waals surface area (Å²) in [6.07, 6.45) is 9.85. The van der Waals surface area contributed by atoms with Gasteiger partial charge in [0.2, 0.25) is 0 Å². The molecule has 0 radical (unpaired) electrons. The van der Waals surface area contributed by atoms with E-state index in [1.165, 1.54) is 0 Å². The third kappa shape index (κ3) is 3.29. The fourth-order valence-corrected chi connectivity index (χ4v) is 3.32. The van der Waals surface area contributed by atoms with Crippen LogP contribution in [0.4, 0.5) is 0 Å². The average Bonchev–Trinajstić information content (AvgIpc) is 2.59. The van der Waals surface area contributed by atoms with E-state index in [-0.39, 0.29) is 6.10 Å². The first-order valence-electron chi connectivity index (χ1n) is 7.04. The molecular weight excluding hydrogens is 296 g/mol. The highest BCUT2D eigenvalue weighted by molar-refractivity contribution is 8.00. The summed E-state index contributed by atoms with van der Waals surface area (Å²) >= 11 is 1.59. The van der Waals surface area contributed by atoms with Gasteiger partial charge in [0, 0.05) is 19.8 Å². The molecule has 0 fully saturated rings. The molecule has 2 unspecified atom stereocenters. The summed E-state index contributed by atoms with van der Waals surface area (Å²) in [4.78, 5) is -0.565. The minimum atomic E-state index is -0.565. The van der Waals surface area contributed by atoms with Crippen LogP contribution < -0.4 is 0 Å². The highest BCUT2D eigenvalue weighted by atomic mass is 32.2. The predicted octanol–water partition coefficient (Wildman–Crippen LogP) is 3.89. The lowest BCUT2D eigenvalue weighted by atomic mass is 9.98. The number of ether oxygens (including phenoxy) is 3. The van der Waals surface area contributed by atoms with Gasteiger partial charge >= 0.3 is 0 Å². The van der Waals surface area contributed by atoms with Gasteiger partial charge in [0.1, 0.15) is 5.76 Å². The van der Waals surface area contributed by atoms with Crippen molar-refractivity contribution in [3.63, 3.8) is 0 Å². The molecule has 0 bridgehead atoms. The number of rotatable bonds is 6. The van der Waals surface area contributed by atoms with Crippen molar-refractivity contribution in [3.8, 4) is 0 Å². The molecule has 2 atom stereocenters. The van der Waals surface area contributed by atoms with Crippen LogP contribution in [0.5, 0.6) is 0 Å². The van der Waals surface area contributed by atoms with E-state index in [0.29, 0.717) is 0 Å². The fourth-order valence-electron chi connectivity index (χ4n) is 2.53. The first kappa shape index (κ1) is 16.9. The number of thioether (sulfide) groups is 1. The quantitative estimate of drug-likeness (QED) is 0.744. The molecule has 4 heteroatoms. The summed E-state index contributed by atoms with van der Waals surface area (Å²) in [5, 5.41) is 0. The number of methoxy groups -OCH3 is 3. The highest BCUT2D eigenvalue weighted by Crippen LogP contribution is 2.40. The van der Waals surface area contributed by atoms with Crippen LogP contribution in [0.3, 0.4) is 0 Å². The summed E-state index contributed by atoms with van der Waals surface area (Å²) in [6.45, 7) is 0. The molecule has 1 aromatic rings. The van der Waals surface area contributed by atoms with Crippen molar-refractivity contribution in [2.45, 2.75) is 11.0 Å². The second-order valence-electron chi connectivity index (χ2n) is 4.85. The Morgan fingerprint density at radius 1 is 1.09 bits per heavy atom. The zero-order valence-electron chi connectivity index (χ0n) is 13.4. The predicted molar refractivity (Wildman–Crippen MR) is 92.7 cm³/mol. The van der Waals surface area contributed by atoms with Crippen molar-refractivity contribution < 1.29 is 14.2 Å². The van der Waals surface area contributed by atoms with E-state index in [0.717, 1.165) is 16.9 Å². The molecule has 1 aliphatic rings. The summed E-state index contributed by atoms with van der Waals surface area (Å²) < 4.78 is 17.0. The van der Waals surface area contributed by atoms with Gasteiger partial charge in [0.15, 0.2) is 11.0 Å². The van der Waals surface area contributed by atoms with Crippen molar-refractivity contribution in [1.29, 1.82) is 0 Å². The summed E-state index contributed by atoms with van der Waals surface area (Å²) in [6, 6.07) is 10.2. The normalized spacial score (nSPS) is 25.0. The Balaban J connectivity index is 2.36. The Morgan fingerprint density at radius 2 is 1.82 bits per heavy atom. The van der Waals surface area contributed by atoms with Gasteiger partial charge in [-0.3, -0.25) is 0 Å². The second kappa shape index (κ2) is 7.68. The maximum Gasteiger partial charge on any atom is 0.165 e. The maximum atomic E-state index is 5.69. The maximum absolute atomic E-state index is 5.69. The van der Waals surface area contributed by atoms with Crippen LogP contribution in [0.2, 0.25) is 0 Å². The van der Waals surface area contributed by atoms with Gasteiger partial charge in [-0.2, -0.15) is 0 Å². The van der Waals surface area contributed by atoms with Gasteiger partial charge in [0.25, 0.3) is 0 Å². The van der Waals surface area contributed by atoms with E-state index in [1.54, 1.807) is 33.1 Å². The van der Waals surface area contributed by atoms with E-state index in [1.807, 2.05) is 42.7 Å². The first-order valence-corrected chi connectivity index (χ1v) is 8.27. The Kier molecular flexibility index (Phi) is 5.89. The van der Waals surface area contributed by atoms with Crippen molar-refractivity contribution in [3.05, 3.63) is 65.5 Å². The van der Waals surface area contributed by atoms with Crippen LogP contribution in [-0.2, 0) is 14.2 Å². The molecule has 118 valence electrons. The van der Waals surface area contributed by atoms with Crippen LogP contribution in [0.15, 0.2) is 59.9 Å². The zero-order chi connectivity index (χ0) is 16.0. The number of hydrogen-bond acceptors (Lipinski definition) is 4. The molecular formula is C18H22O3S. The summed E-state index contributed by atoms with van der Waals surface area (Å²) in [7, 11) is 5.02. The van der Waals surface area contributed by atoms with E-state index < -0.39 is 4.93 Å². The number of benzene rings is 1. The van der Waals surface area contributed by atoms with Crippen molar-refractivity contribution >= 4 is 17.8 Å². The Hall–Kier alpha value is -1.49. The molecule has 22 heavy (non-hydrogen) atoms. The van der Waals surface area contributed by atoms with E-state index in [2.05, 4.69) is 18.2 Å². The molecule has 0 saturated heterocycles. The van der Waals surface area contributed by atoms with Gasteiger partial charge < -0.3 is 14.2 Å². The van der Waals surface area contributed by atoms with Crippen LogP contribution in [0.1, 0.15) is 5.56 Å². The average molecular weight is 318 g/mol. The Labute approximate surface area is 136 Å². The summed E-state index contributed by atoms with van der Waals surface area (Å²) in [5.41, 5.74) is 2.13. The lowest BCUT2D eigenvalue weighted by Gasteiger charge is -2.38.